The summed E-state index contributed by atoms with van der Waals surface area (Å²) < 4.78 is 39.5. The SMILES string of the molecule is C=CCNC(=O)C(=O)C(CCC(F)(F)F)NC(=O)[C@@H]1C(C(C)C)CCN1C(=O)[C@@H](NC(=O)N[C@H](C(=O)N(C)CC1CC1)C(C)C)C(C)(C)C. The lowest BCUT2D eigenvalue weighted by Crippen LogP contribution is -2.62. The molecular formula is C34H55F3N6O6. The van der Waals surface area contributed by atoms with Crippen LogP contribution >= 0.6 is 0 Å². The Hall–Kier alpha value is -3.65. The van der Waals surface area contributed by atoms with Crippen molar-refractivity contribution in [3.63, 3.8) is 0 Å². The van der Waals surface area contributed by atoms with Crippen LogP contribution in [0.5, 0.6) is 0 Å². The number of rotatable bonds is 16. The molecule has 49 heavy (non-hydrogen) atoms. The van der Waals surface area contributed by atoms with E-state index in [4.69, 9.17) is 0 Å². The van der Waals surface area contributed by atoms with Crippen LogP contribution in [-0.4, -0.2) is 102 Å². The standard InChI is InChI=1S/C34H55F3N6O6/c1-10-16-38-29(46)26(44)23(13-15-34(35,36)37)39-28(45)25-22(19(2)3)14-17-43(25)31(48)27(33(6,7)8)41-32(49)40-24(20(4)5)30(47)42(9)18-21-11-12-21/h10,19-25,27H,1,11-18H2,2-9H3,(H,38,46)(H,39,45)(H2,40,41,49)/t22?,23?,24-,25-,27+/m0/s1. The number of nitrogens with zero attached hydrogens (tertiary/aromatic N) is 2. The zero-order chi connectivity index (χ0) is 37.4. The van der Waals surface area contributed by atoms with Gasteiger partial charge in [0.15, 0.2) is 0 Å². The quantitative estimate of drug-likeness (QED) is 0.143. The van der Waals surface area contributed by atoms with Crippen molar-refractivity contribution in [1.82, 2.24) is 31.1 Å². The average molecular weight is 701 g/mol. The first-order valence-corrected chi connectivity index (χ1v) is 17.0. The van der Waals surface area contributed by atoms with Crippen molar-refractivity contribution in [1.29, 1.82) is 0 Å². The van der Waals surface area contributed by atoms with Gasteiger partial charge in [0.1, 0.15) is 18.1 Å². The number of likely N-dealkylation sites (tertiary alicyclic amines) is 1. The van der Waals surface area contributed by atoms with Gasteiger partial charge in [0.05, 0.1) is 6.04 Å². The second-order valence-corrected chi connectivity index (χ2v) is 15.1. The molecule has 1 heterocycles. The van der Waals surface area contributed by atoms with E-state index in [1.807, 2.05) is 13.8 Å². The number of nitrogens with one attached hydrogen (secondary N) is 4. The Morgan fingerprint density at radius 2 is 1.57 bits per heavy atom. The number of carbonyl (C=O) groups is 6. The molecular weight excluding hydrogens is 645 g/mol. The number of urea groups is 1. The molecule has 1 saturated carbocycles. The third-order valence-electron chi connectivity index (χ3n) is 9.05. The summed E-state index contributed by atoms with van der Waals surface area (Å²) in [5, 5.41) is 10.0. The third kappa shape index (κ3) is 12.3. The monoisotopic (exact) mass is 700 g/mol. The summed E-state index contributed by atoms with van der Waals surface area (Å²) in [5.41, 5.74) is -0.875. The maximum absolute atomic E-state index is 14.2. The second-order valence-electron chi connectivity index (χ2n) is 15.1. The number of carbonyl (C=O) groups excluding carboxylic acids is 6. The first kappa shape index (κ1) is 41.5. The van der Waals surface area contributed by atoms with Gasteiger partial charge in [-0.3, -0.25) is 24.0 Å². The number of hydrogen-bond acceptors (Lipinski definition) is 6. The molecule has 15 heteroatoms. The van der Waals surface area contributed by atoms with Crippen molar-refractivity contribution in [3.05, 3.63) is 12.7 Å². The molecule has 2 aliphatic rings. The highest BCUT2D eigenvalue weighted by atomic mass is 19.4. The largest absolute Gasteiger partial charge is 0.389 e. The molecule has 278 valence electrons. The summed E-state index contributed by atoms with van der Waals surface area (Å²) in [7, 11) is 1.69. The summed E-state index contributed by atoms with van der Waals surface area (Å²) in [6.45, 7) is 16.5. The molecule has 1 aliphatic heterocycles. The molecule has 0 aromatic heterocycles. The fourth-order valence-electron chi connectivity index (χ4n) is 6.00. The van der Waals surface area contributed by atoms with Crippen LogP contribution in [0.3, 0.4) is 0 Å². The number of Topliss-reactive ketones (excluding diaryl/α,β-unsaturated/α-hetero) is 1. The van der Waals surface area contributed by atoms with Crippen molar-refractivity contribution in [2.75, 3.05) is 26.7 Å². The Labute approximate surface area is 287 Å². The molecule has 1 aliphatic carbocycles. The van der Waals surface area contributed by atoms with E-state index in [1.165, 1.54) is 11.0 Å². The van der Waals surface area contributed by atoms with Gasteiger partial charge in [0, 0.05) is 33.1 Å². The molecule has 2 rings (SSSR count). The highest BCUT2D eigenvalue weighted by molar-refractivity contribution is 6.38. The first-order chi connectivity index (χ1) is 22.6. The van der Waals surface area contributed by atoms with Gasteiger partial charge in [-0.05, 0) is 54.8 Å². The summed E-state index contributed by atoms with van der Waals surface area (Å²) in [5.74, 6) is -4.54. The fourth-order valence-corrected chi connectivity index (χ4v) is 6.00. The molecule has 5 atom stereocenters. The van der Waals surface area contributed by atoms with Crippen LogP contribution in [0.4, 0.5) is 18.0 Å². The van der Waals surface area contributed by atoms with Crippen LogP contribution in [0.25, 0.3) is 0 Å². The maximum atomic E-state index is 14.2. The van der Waals surface area contributed by atoms with E-state index >= 15 is 0 Å². The van der Waals surface area contributed by atoms with Crippen molar-refractivity contribution in [3.8, 4) is 0 Å². The van der Waals surface area contributed by atoms with Crippen LogP contribution in [0.1, 0.15) is 80.6 Å². The topological polar surface area (TPSA) is 157 Å². The number of ketones is 1. The molecule has 0 radical (unpaired) electrons. The first-order valence-electron chi connectivity index (χ1n) is 17.0. The van der Waals surface area contributed by atoms with Gasteiger partial charge >= 0.3 is 12.2 Å². The van der Waals surface area contributed by atoms with E-state index in [0.29, 0.717) is 18.9 Å². The van der Waals surface area contributed by atoms with E-state index in [0.717, 1.165) is 12.8 Å². The molecule has 2 unspecified atom stereocenters. The van der Waals surface area contributed by atoms with Crippen molar-refractivity contribution >= 4 is 35.4 Å². The lowest BCUT2D eigenvalue weighted by molar-refractivity contribution is -0.147. The average Bonchev–Trinajstić information content (AvgIpc) is 3.69. The Morgan fingerprint density at radius 1 is 0.959 bits per heavy atom. The molecule has 2 fully saturated rings. The van der Waals surface area contributed by atoms with Crippen molar-refractivity contribution in [2.24, 2.45) is 29.1 Å². The van der Waals surface area contributed by atoms with Crippen molar-refractivity contribution < 1.29 is 41.9 Å². The molecule has 0 aromatic rings. The summed E-state index contributed by atoms with van der Waals surface area (Å²) >= 11 is 0. The number of alkyl halides is 3. The minimum atomic E-state index is -4.66. The zero-order valence-electron chi connectivity index (χ0n) is 30.0. The van der Waals surface area contributed by atoms with Crippen LogP contribution in [0.2, 0.25) is 0 Å². The van der Waals surface area contributed by atoms with Gasteiger partial charge in [0.25, 0.3) is 5.91 Å². The number of likely N-dealkylation sites (N-methyl/N-ethyl adjacent to an activating group) is 1. The number of amides is 6. The lowest BCUT2D eigenvalue weighted by Gasteiger charge is -2.37. The van der Waals surface area contributed by atoms with Gasteiger partial charge in [-0.25, -0.2) is 4.79 Å². The molecule has 6 amide bonds. The smallest absolute Gasteiger partial charge is 0.346 e. The molecule has 12 nitrogen and oxygen atoms in total. The molecule has 0 bridgehead atoms. The Bertz CT molecular complexity index is 1230. The Kier molecular flexibility index (Phi) is 14.7. The van der Waals surface area contributed by atoms with E-state index < -0.39 is 84.1 Å². The van der Waals surface area contributed by atoms with E-state index in [1.54, 1.807) is 46.6 Å². The Morgan fingerprint density at radius 3 is 2.06 bits per heavy atom. The zero-order valence-corrected chi connectivity index (χ0v) is 30.0. The van der Waals surface area contributed by atoms with Crippen LogP contribution in [0.15, 0.2) is 12.7 Å². The normalized spacial score (nSPS) is 19.9. The van der Waals surface area contributed by atoms with Crippen LogP contribution in [0, 0.1) is 29.1 Å². The molecule has 4 N–H and O–H groups in total. The summed E-state index contributed by atoms with van der Waals surface area (Å²) in [6.07, 6.45) is -3.19. The highest BCUT2D eigenvalue weighted by Gasteiger charge is 2.48. The van der Waals surface area contributed by atoms with E-state index in [9.17, 15) is 41.9 Å². The fraction of sp³-hybridized carbons (Fsp3) is 0.765. The van der Waals surface area contributed by atoms with Gasteiger partial charge in [-0.15, -0.1) is 6.58 Å². The van der Waals surface area contributed by atoms with Gasteiger partial charge < -0.3 is 31.1 Å². The second kappa shape index (κ2) is 17.3. The van der Waals surface area contributed by atoms with Crippen LogP contribution < -0.4 is 21.3 Å². The maximum Gasteiger partial charge on any atom is 0.389 e. The highest BCUT2D eigenvalue weighted by Crippen LogP contribution is 2.34. The predicted octanol–water partition coefficient (Wildman–Crippen LogP) is 3.17. The summed E-state index contributed by atoms with van der Waals surface area (Å²) in [6, 6.07) is -5.77. The van der Waals surface area contributed by atoms with E-state index in [2.05, 4.69) is 27.8 Å². The van der Waals surface area contributed by atoms with Crippen LogP contribution in [-0.2, 0) is 24.0 Å². The molecule has 0 aromatic carbocycles. The van der Waals surface area contributed by atoms with Gasteiger partial charge in [-0.1, -0.05) is 54.5 Å². The van der Waals surface area contributed by atoms with Gasteiger partial charge in [0.2, 0.25) is 23.5 Å². The summed E-state index contributed by atoms with van der Waals surface area (Å²) in [4.78, 5) is 82.9. The minimum Gasteiger partial charge on any atom is -0.346 e. The number of hydrogen-bond donors (Lipinski definition) is 4. The molecule has 0 spiro atoms. The molecule has 1 saturated heterocycles. The van der Waals surface area contributed by atoms with E-state index in [-0.39, 0.29) is 30.8 Å². The van der Waals surface area contributed by atoms with Gasteiger partial charge in [-0.2, -0.15) is 13.2 Å². The minimum absolute atomic E-state index is 0.107. The number of halogens is 3. The predicted molar refractivity (Wildman–Crippen MR) is 178 cm³/mol. The Balaban J connectivity index is 2.33. The lowest BCUT2D eigenvalue weighted by atomic mass is 9.84. The van der Waals surface area contributed by atoms with Crippen molar-refractivity contribution in [2.45, 2.75) is 111 Å². The third-order valence-corrected chi connectivity index (χ3v) is 9.05.